The van der Waals surface area contributed by atoms with Gasteiger partial charge >= 0.3 is 0 Å². The maximum atomic E-state index is 4.56. The van der Waals surface area contributed by atoms with Crippen molar-refractivity contribution in [2.45, 2.75) is 33.4 Å². The number of aromatic nitrogens is 1. The van der Waals surface area contributed by atoms with Crippen LogP contribution < -0.4 is 10.2 Å². The molecule has 0 radical (unpaired) electrons. The van der Waals surface area contributed by atoms with E-state index in [4.69, 9.17) is 0 Å². The Morgan fingerprint density at radius 2 is 2.05 bits per heavy atom. The van der Waals surface area contributed by atoms with Crippen LogP contribution in [-0.2, 0) is 13.1 Å². The largest absolute Gasteiger partial charge is 0.355 e. The van der Waals surface area contributed by atoms with Gasteiger partial charge in [-0.05, 0) is 31.5 Å². The van der Waals surface area contributed by atoms with E-state index in [1.807, 2.05) is 12.3 Å². The zero-order chi connectivity index (χ0) is 15.1. The van der Waals surface area contributed by atoms with Gasteiger partial charge in [0, 0.05) is 31.9 Å². The Morgan fingerprint density at radius 1 is 1.19 bits per heavy atom. The highest BCUT2D eigenvalue weighted by atomic mass is 15.2. The van der Waals surface area contributed by atoms with Gasteiger partial charge in [0.1, 0.15) is 5.82 Å². The summed E-state index contributed by atoms with van der Waals surface area (Å²) in [7, 11) is 2.11. The molecule has 0 aliphatic carbocycles. The average molecular weight is 283 g/mol. The Hall–Kier alpha value is -1.87. The second-order valence-electron chi connectivity index (χ2n) is 5.51. The molecule has 2 rings (SSSR count). The lowest BCUT2D eigenvalue weighted by atomic mass is 10.1. The number of anilines is 1. The number of pyridine rings is 1. The molecule has 0 amide bonds. The van der Waals surface area contributed by atoms with Crippen molar-refractivity contribution >= 4 is 5.82 Å². The zero-order valence-corrected chi connectivity index (χ0v) is 13.3. The molecule has 0 aliphatic heterocycles. The van der Waals surface area contributed by atoms with Crippen LogP contribution in [0.4, 0.5) is 5.82 Å². The van der Waals surface area contributed by atoms with Gasteiger partial charge in [-0.25, -0.2) is 4.98 Å². The van der Waals surface area contributed by atoms with Gasteiger partial charge in [0.2, 0.25) is 0 Å². The second-order valence-corrected chi connectivity index (χ2v) is 5.51. The Morgan fingerprint density at radius 3 is 2.81 bits per heavy atom. The third-order valence-electron chi connectivity index (χ3n) is 3.47. The molecule has 0 fully saturated rings. The average Bonchev–Trinajstić information content (AvgIpc) is 2.48. The fourth-order valence-corrected chi connectivity index (χ4v) is 2.47. The predicted molar refractivity (Wildman–Crippen MR) is 89.5 cm³/mol. The minimum atomic E-state index is 0.870. The van der Waals surface area contributed by atoms with Crippen molar-refractivity contribution in [2.24, 2.45) is 0 Å². The van der Waals surface area contributed by atoms with Crippen LogP contribution in [-0.4, -0.2) is 18.6 Å². The minimum Gasteiger partial charge on any atom is -0.355 e. The standard InChI is InChI=1S/C18H25N3/c1-4-10-19-13-17-9-6-11-20-18(17)21(3)14-16-8-5-7-15(2)12-16/h5-9,11-12,19H,4,10,13-14H2,1-3H3. The van der Waals surface area contributed by atoms with E-state index in [1.54, 1.807) is 0 Å². The van der Waals surface area contributed by atoms with E-state index >= 15 is 0 Å². The molecule has 0 atom stereocenters. The van der Waals surface area contributed by atoms with Crippen LogP contribution in [0.1, 0.15) is 30.0 Å². The molecule has 1 N–H and O–H groups in total. The van der Waals surface area contributed by atoms with Gasteiger partial charge in [0.05, 0.1) is 0 Å². The molecule has 0 saturated carbocycles. The molecule has 3 nitrogen and oxygen atoms in total. The first kappa shape index (κ1) is 15.5. The monoisotopic (exact) mass is 283 g/mol. The summed E-state index contributed by atoms with van der Waals surface area (Å²) in [6, 6.07) is 12.8. The minimum absolute atomic E-state index is 0.870. The maximum Gasteiger partial charge on any atom is 0.133 e. The SMILES string of the molecule is CCCNCc1cccnc1N(C)Cc1cccc(C)c1. The van der Waals surface area contributed by atoms with Gasteiger partial charge < -0.3 is 10.2 Å². The molecule has 0 spiro atoms. The third kappa shape index (κ3) is 4.57. The fraction of sp³-hybridized carbons (Fsp3) is 0.389. The molecule has 21 heavy (non-hydrogen) atoms. The van der Waals surface area contributed by atoms with Gasteiger partial charge in [0.25, 0.3) is 0 Å². The number of hydrogen-bond donors (Lipinski definition) is 1. The molecular formula is C18H25N3. The van der Waals surface area contributed by atoms with Gasteiger partial charge in [-0.15, -0.1) is 0 Å². The number of rotatable bonds is 7. The van der Waals surface area contributed by atoms with E-state index in [-0.39, 0.29) is 0 Å². The topological polar surface area (TPSA) is 28.2 Å². The molecule has 3 heteroatoms. The molecule has 0 unspecified atom stereocenters. The molecule has 1 aromatic heterocycles. The number of benzene rings is 1. The Bertz CT molecular complexity index is 566. The van der Waals surface area contributed by atoms with Gasteiger partial charge in [0.15, 0.2) is 0 Å². The summed E-state index contributed by atoms with van der Waals surface area (Å²) >= 11 is 0. The van der Waals surface area contributed by atoms with Crippen molar-refractivity contribution in [1.29, 1.82) is 0 Å². The van der Waals surface area contributed by atoms with Crippen molar-refractivity contribution in [3.8, 4) is 0 Å². The second kappa shape index (κ2) is 7.79. The lowest BCUT2D eigenvalue weighted by molar-refractivity contribution is 0.671. The molecule has 2 aromatic rings. The number of nitrogens with one attached hydrogen (secondary N) is 1. The summed E-state index contributed by atoms with van der Waals surface area (Å²) in [5.74, 6) is 1.06. The first-order chi connectivity index (χ1) is 10.2. The van der Waals surface area contributed by atoms with Crippen LogP contribution in [0.15, 0.2) is 42.6 Å². The van der Waals surface area contributed by atoms with E-state index in [9.17, 15) is 0 Å². The Labute approximate surface area is 128 Å². The van der Waals surface area contributed by atoms with Crippen molar-refractivity contribution in [2.75, 3.05) is 18.5 Å². The molecule has 0 saturated heterocycles. The van der Waals surface area contributed by atoms with E-state index in [0.29, 0.717) is 0 Å². The van der Waals surface area contributed by atoms with E-state index in [0.717, 1.165) is 31.9 Å². The Balaban J connectivity index is 2.09. The highest BCUT2D eigenvalue weighted by Gasteiger charge is 2.09. The molecule has 1 aromatic carbocycles. The predicted octanol–water partition coefficient (Wildman–Crippen LogP) is 3.53. The third-order valence-corrected chi connectivity index (χ3v) is 3.47. The molecule has 0 aliphatic rings. The summed E-state index contributed by atoms with van der Waals surface area (Å²) in [5.41, 5.74) is 3.86. The zero-order valence-electron chi connectivity index (χ0n) is 13.3. The number of aryl methyl sites for hydroxylation is 1. The number of hydrogen-bond acceptors (Lipinski definition) is 3. The van der Waals surface area contributed by atoms with E-state index < -0.39 is 0 Å². The van der Waals surface area contributed by atoms with Crippen molar-refractivity contribution < 1.29 is 0 Å². The van der Waals surface area contributed by atoms with Crippen molar-refractivity contribution in [3.63, 3.8) is 0 Å². The quantitative estimate of drug-likeness (QED) is 0.788. The normalized spacial score (nSPS) is 10.6. The molecular weight excluding hydrogens is 258 g/mol. The van der Waals surface area contributed by atoms with Gasteiger partial charge in [-0.3, -0.25) is 0 Å². The van der Waals surface area contributed by atoms with Crippen LogP contribution in [0.25, 0.3) is 0 Å². The summed E-state index contributed by atoms with van der Waals surface area (Å²) in [4.78, 5) is 6.78. The van der Waals surface area contributed by atoms with Crippen LogP contribution >= 0.6 is 0 Å². The van der Waals surface area contributed by atoms with Crippen LogP contribution in [0.2, 0.25) is 0 Å². The first-order valence-corrected chi connectivity index (χ1v) is 7.62. The summed E-state index contributed by atoms with van der Waals surface area (Å²) in [5, 5.41) is 3.45. The maximum absolute atomic E-state index is 4.56. The summed E-state index contributed by atoms with van der Waals surface area (Å²) < 4.78 is 0. The van der Waals surface area contributed by atoms with Crippen LogP contribution in [0, 0.1) is 6.92 Å². The summed E-state index contributed by atoms with van der Waals surface area (Å²) in [6.45, 7) is 7.09. The van der Waals surface area contributed by atoms with Crippen LogP contribution in [0.3, 0.4) is 0 Å². The van der Waals surface area contributed by atoms with E-state index in [2.05, 4.69) is 66.4 Å². The smallest absolute Gasteiger partial charge is 0.133 e. The highest BCUT2D eigenvalue weighted by Crippen LogP contribution is 2.18. The molecule has 0 bridgehead atoms. The van der Waals surface area contributed by atoms with Crippen LogP contribution in [0.5, 0.6) is 0 Å². The molecule has 112 valence electrons. The van der Waals surface area contributed by atoms with E-state index in [1.165, 1.54) is 16.7 Å². The fourth-order valence-electron chi connectivity index (χ4n) is 2.47. The lowest BCUT2D eigenvalue weighted by Crippen LogP contribution is -2.22. The lowest BCUT2D eigenvalue weighted by Gasteiger charge is -2.21. The molecule has 1 heterocycles. The highest BCUT2D eigenvalue weighted by molar-refractivity contribution is 5.46. The summed E-state index contributed by atoms with van der Waals surface area (Å²) in [6.07, 6.45) is 3.01. The van der Waals surface area contributed by atoms with Crippen molar-refractivity contribution in [3.05, 3.63) is 59.3 Å². The first-order valence-electron chi connectivity index (χ1n) is 7.62. The van der Waals surface area contributed by atoms with Gasteiger partial charge in [-0.1, -0.05) is 42.8 Å². The number of nitrogens with zero attached hydrogens (tertiary/aromatic N) is 2. The Kier molecular flexibility index (Phi) is 5.76. The van der Waals surface area contributed by atoms with Crippen molar-refractivity contribution in [1.82, 2.24) is 10.3 Å². The van der Waals surface area contributed by atoms with Gasteiger partial charge in [-0.2, -0.15) is 0 Å².